The predicted octanol–water partition coefficient (Wildman–Crippen LogP) is 3.84. The number of halogens is 1. The molecule has 28 heavy (non-hydrogen) atoms. The minimum Gasteiger partial charge on any atom is -0.364 e. The van der Waals surface area contributed by atoms with Crippen molar-refractivity contribution in [1.29, 1.82) is 5.26 Å². The van der Waals surface area contributed by atoms with Crippen LogP contribution in [-0.4, -0.2) is 31.8 Å². The first kappa shape index (κ1) is 19.4. The van der Waals surface area contributed by atoms with Gasteiger partial charge in [-0.2, -0.15) is 5.26 Å². The van der Waals surface area contributed by atoms with Crippen LogP contribution in [0.1, 0.15) is 39.7 Å². The topological polar surface area (TPSA) is 107 Å². The largest absolute Gasteiger partial charge is 0.364 e. The first-order valence-corrected chi connectivity index (χ1v) is 8.84. The number of nitrogens with zero attached hydrogens (tertiary/aromatic N) is 4. The lowest BCUT2D eigenvalue weighted by atomic mass is 9.84. The van der Waals surface area contributed by atoms with E-state index in [9.17, 15) is 14.4 Å². The molecule has 0 saturated heterocycles. The van der Waals surface area contributed by atoms with Crippen LogP contribution >= 0.6 is 0 Å². The Morgan fingerprint density at radius 2 is 2.18 bits per heavy atom. The van der Waals surface area contributed by atoms with Crippen molar-refractivity contribution in [2.75, 3.05) is 5.32 Å². The van der Waals surface area contributed by atoms with Gasteiger partial charge in [0.1, 0.15) is 23.8 Å². The normalized spacial score (nSPS) is 12.6. The number of fused-ring (bicyclic) bond motifs is 1. The number of anilines is 1. The Morgan fingerprint density at radius 1 is 1.43 bits per heavy atom. The second kappa shape index (κ2) is 7.35. The van der Waals surface area contributed by atoms with Gasteiger partial charge < -0.3 is 10.3 Å². The van der Waals surface area contributed by atoms with Gasteiger partial charge in [-0.3, -0.25) is 4.79 Å². The lowest BCUT2D eigenvalue weighted by Gasteiger charge is -2.31. The molecule has 0 aliphatic rings. The molecule has 0 aliphatic carbocycles. The van der Waals surface area contributed by atoms with E-state index in [0.717, 1.165) is 6.07 Å². The summed E-state index contributed by atoms with van der Waals surface area (Å²) < 4.78 is 14.7. The number of aromatic amines is 1. The minimum absolute atomic E-state index is 0.00127. The number of H-pyrrole nitrogens is 1. The maximum Gasteiger partial charge on any atom is 0.166 e. The molecule has 1 unspecified atom stereocenters. The predicted molar refractivity (Wildman–Crippen MR) is 104 cm³/mol. The molecule has 0 aliphatic heterocycles. The molecule has 2 N–H and O–H groups in total. The zero-order valence-electron chi connectivity index (χ0n) is 16.2. The standard InChI is InChI=1S/C20H21FN6O/c1-11(28)5-16(20(2,3)4)26-19-15(21)6-12(7-22)17(27-19)13-9-24-18-14(13)8-23-10-25-18/h6,8-10,16H,5H2,1-4H3,(H,26,27)(H,23,24,25). The van der Waals surface area contributed by atoms with E-state index in [4.69, 9.17) is 0 Å². The van der Waals surface area contributed by atoms with E-state index < -0.39 is 5.82 Å². The van der Waals surface area contributed by atoms with Crippen LogP contribution in [-0.2, 0) is 4.79 Å². The number of aromatic nitrogens is 4. The van der Waals surface area contributed by atoms with Crippen molar-refractivity contribution in [2.24, 2.45) is 5.41 Å². The average molecular weight is 380 g/mol. The molecule has 3 aromatic heterocycles. The summed E-state index contributed by atoms with van der Waals surface area (Å²) in [4.78, 5) is 27.2. The molecule has 3 rings (SSSR count). The van der Waals surface area contributed by atoms with Gasteiger partial charge in [0.15, 0.2) is 11.6 Å². The monoisotopic (exact) mass is 380 g/mol. The first-order valence-electron chi connectivity index (χ1n) is 8.84. The van der Waals surface area contributed by atoms with Gasteiger partial charge in [-0.1, -0.05) is 20.8 Å². The maximum atomic E-state index is 14.7. The number of nitriles is 1. The molecule has 0 saturated carbocycles. The van der Waals surface area contributed by atoms with Gasteiger partial charge in [-0.05, 0) is 18.4 Å². The summed E-state index contributed by atoms with van der Waals surface area (Å²) >= 11 is 0. The van der Waals surface area contributed by atoms with Gasteiger partial charge in [-0.15, -0.1) is 0 Å². The highest BCUT2D eigenvalue weighted by molar-refractivity contribution is 5.93. The van der Waals surface area contributed by atoms with E-state index >= 15 is 0 Å². The quantitative estimate of drug-likeness (QED) is 0.696. The Hall–Kier alpha value is -3.34. The number of pyridine rings is 1. The van der Waals surface area contributed by atoms with Gasteiger partial charge in [0, 0.05) is 35.8 Å². The van der Waals surface area contributed by atoms with Crippen LogP contribution in [0.3, 0.4) is 0 Å². The number of Topliss-reactive ketones (excluding diaryl/α,β-unsaturated/α-hetero) is 1. The fraction of sp³-hybridized carbons (Fsp3) is 0.350. The highest BCUT2D eigenvalue weighted by Gasteiger charge is 2.28. The second-order valence-electron chi connectivity index (χ2n) is 7.78. The SMILES string of the molecule is CC(=O)CC(Nc1nc(-c2c[nH]c3ncncc23)c(C#N)cc1F)C(C)(C)C. The lowest BCUT2D eigenvalue weighted by Crippen LogP contribution is -2.36. The number of hydrogen-bond donors (Lipinski definition) is 2. The summed E-state index contributed by atoms with van der Waals surface area (Å²) in [6, 6.07) is 2.83. The number of carbonyl (C=O) groups is 1. The zero-order chi connectivity index (χ0) is 20.5. The Kier molecular flexibility index (Phi) is 5.10. The molecule has 8 heteroatoms. The number of nitrogens with one attached hydrogen (secondary N) is 2. The van der Waals surface area contributed by atoms with Crippen molar-refractivity contribution in [2.45, 2.75) is 40.2 Å². The smallest absolute Gasteiger partial charge is 0.166 e. The van der Waals surface area contributed by atoms with Crippen molar-refractivity contribution in [3.63, 3.8) is 0 Å². The number of ketones is 1. The third kappa shape index (κ3) is 3.83. The van der Waals surface area contributed by atoms with E-state index in [0.29, 0.717) is 22.3 Å². The molecule has 0 amide bonds. The molecular weight excluding hydrogens is 359 g/mol. The number of hydrogen-bond acceptors (Lipinski definition) is 6. The molecule has 0 spiro atoms. The molecular formula is C20H21FN6O. The summed E-state index contributed by atoms with van der Waals surface area (Å²) in [5, 5.41) is 13.2. The van der Waals surface area contributed by atoms with E-state index in [1.807, 2.05) is 26.8 Å². The van der Waals surface area contributed by atoms with Crippen LogP contribution < -0.4 is 5.32 Å². The van der Waals surface area contributed by atoms with Crippen LogP contribution in [0.2, 0.25) is 0 Å². The minimum atomic E-state index is -0.644. The summed E-state index contributed by atoms with van der Waals surface area (Å²) in [7, 11) is 0. The van der Waals surface area contributed by atoms with Crippen molar-refractivity contribution in [3.05, 3.63) is 36.2 Å². The molecule has 1 atom stereocenters. The van der Waals surface area contributed by atoms with Crippen LogP contribution in [0.15, 0.2) is 24.8 Å². The van der Waals surface area contributed by atoms with Gasteiger partial charge >= 0.3 is 0 Å². The van der Waals surface area contributed by atoms with Gasteiger partial charge in [0.2, 0.25) is 0 Å². The van der Waals surface area contributed by atoms with Crippen molar-refractivity contribution < 1.29 is 9.18 Å². The average Bonchev–Trinajstić information content (AvgIpc) is 3.05. The maximum absolute atomic E-state index is 14.7. The van der Waals surface area contributed by atoms with Crippen LogP contribution in [0.5, 0.6) is 0 Å². The first-order chi connectivity index (χ1) is 13.2. The van der Waals surface area contributed by atoms with E-state index in [1.54, 1.807) is 12.4 Å². The van der Waals surface area contributed by atoms with E-state index in [-0.39, 0.29) is 35.0 Å². The fourth-order valence-electron chi connectivity index (χ4n) is 2.96. The summed E-state index contributed by atoms with van der Waals surface area (Å²) in [6.45, 7) is 7.40. The molecule has 0 fully saturated rings. The zero-order valence-corrected chi connectivity index (χ0v) is 16.2. The van der Waals surface area contributed by atoms with E-state index in [2.05, 4.69) is 25.3 Å². The summed E-state index contributed by atoms with van der Waals surface area (Å²) in [6.07, 6.45) is 4.93. The molecule has 0 bridgehead atoms. The molecule has 3 aromatic rings. The lowest BCUT2D eigenvalue weighted by molar-refractivity contribution is -0.117. The molecule has 0 radical (unpaired) electrons. The second-order valence-corrected chi connectivity index (χ2v) is 7.78. The third-order valence-electron chi connectivity index (χ3n) is 4.56. The summed E-state index contributed by atoms with van der Waals surface area (Å²) in [5.41, 5.74) is 1.32. The molecule has 7 nitrogen and oxygen atoms in total. The fourth-order valence-corrected chi connectivity index (χ4v) is 2.96. The van der Waals surface area contributed by atoms with E-state index in [1.165, 1.54) is 13.3 Å². The Balaban J connectivity index is 2.10. The van der Waals surface area contributed by atoms with Gasteiger partial charge in [-0.25, -0.2) is 19.3 Å². The Morgan fingerprint density at radius 3 is 2.82 bits per heavy atom. The molecule has 3 heterocycles. The van der Waals surface area contributed by atoms with Crippen LogP contribution in [0.4, 0.5) is 10.2 Å². The molecule has 144 valence electrons. The van der Waals surface area contributed by atoms with Crippen molar-refractivity contribution >= 4 is 22.6 Å². The van der Waals surface area contributed by atoms with Crippen LogP contribution in [0, 0.1) is 22.6 Å². The van der Waals surface area contributed by atoms with Gasteiger partial charge in [0.05, 0.1) is 11.3 Å². The highest BCUT2D eigenvalue weighted by atomic mass is 19.1. The number of carbonyl (C=O) groups excluding carboxylic acids is 1. The van der Waals surface area contributed by atoms with Crippen molar-refractivity contribution in [3.8, 4) is 17.3 Å². The Labute approximate surface area is 162 Å². The number of rotatable bonds is 5. The third-order valence-corrected chi connectivity index (χ3v) is 4.56. The Bertz CT molecular complexity index is 1080. The molecule has 0 aromatic carbocycles. The van der Waals surface area contributed by atoms with Gasteiger partial charge in [0.25, 0.3) is 0 Å². The summed E-state index contributed by atoms with van der Waals surface area (Å²) in [5.74, 6) is -0.647. The highest BCUT2D eigenvalue weighted by Crippen LogP contribution is 2.32. The van der Waals surface area contributed by atoms with Crippen molar-refractivity contribution in [1.82, 2.24) is 19.9 Å². The van der Waals surface area contributed by atoms with Crippen LogP contribution in [0.25, 0.3) is 22.3 Å².